The predicted octanol–water partition coefficient (Wildman–Crippen LogP) is 4.54. The smallest absolute Gasteiger partial charge is 0.254 e. The SMILES string of the molecule is CC(NC(=O)C1c2ccccc2C(=O)N(C)C1c1cccs1)c1ccccc1. The Morgan fingerprint density at radius 1 is 1.04 bits per heavy atom. The van der Waals surface area contributed by atoms with Crippen molar-refractivity contribution in [2.24, 2.45) is 0 Å². The maximum atomic E-state index is 13.5. The van der Waals surface area contributed by atoms with E-state index in [0.717, 1.165) is 16.0 Å². The summed E-state index contributed by atoms with van der Waals surface area (Å²) >= 11 is 1.57. The van der Waals surface area contributed by atoms with Gasteiger partial charge in [0.1, 0.15) is 0 Å². The van der Waals surface area contributed by atoms with E-state index in [-0.39, 0.29) is 23.9 Å². The van der Waals surface area contributed by atoms with Crippen LogP contribution in [0.3, 0.4) is 0 Å². The number of fused-ring (bicyclic) bond motifs is 1. The summed E-state index contributed by atoms with van der Waals surface area (Å²) in [6.07, 6.45) is 0. The number of thiophene rings is 1. The first-order valence-corrected chi connectivity index (χ1v) is 10.2. The number of likely N-dealkylation sites (N-methyl/N-ethyl adjacent to an activating group) is 1. The van der Waals surface area contributed by atoms with Crippen LogP contribution in [0.5, 0.6) is 0 Å². The Morgan fingerprint density at radius 3 is 2.46 bits per heavy atom. The zero-order chi connectivity index (χ0) is 19.7. The summed E-state index contributed by atoms with van der Waals surface area (Å²) in [5.74, 6) is -0.570. The number of carbonyl (C=O) groups is 2. The van der Waals surface area contributed by atoms with Crippen LogP contribution in [0, 0.1) is 0 Å². The zero-order valence-corrected chi connectivity index (χ0v) is 16.6. The maximum absolute atomic E-state index is 13.5. The van der Waals surface area contributed by atoms with Crippen LogP contribution in [0.2, 0.25) is 0 Å². The number of hydrogen-bond donors (Lipinski definition) is 1. The maximum Gasteiger partial charge on any atom is 0.254 e. The average molecular weight is 391 g/mol. The molecule has 0 spiro atoms. The number of nitrogens with one attached hydrogen (secondary N) is 1. The quantitative estimate of drug-likeness (QED) is 0.711. The first-order valence-electron chi connectivity index (χ1n) is 9.32. The highest BCUT2D eigenvalue weighted by Crippen LogP contribution is 2.43. The number of benzene rings is 2. The van der Waals surface area contributed by atoms with Crippen LogP contribution in [-0.4, -0.2) is 23.8 Å². The Kier molecular flexibility index (Phi) is 5.01. The first kappa shape index (κ1) is 18.4. The molecule has 1 aromatic heterocycles. The van der Waals surface area contributed by atoms with Crippen LogP contribution in [0.4, 0.5) is 0 Å². The molecule has 2 aromatic carbocycles. The van der Waals surface area contributed by atoms with Crippen LogP contribution in [0.25, 0.3) is 0 Å². The highest BCUT2D eigenvalue weighted by Gasteiger charge is 2.43. The molecule has 28 heavy (non-hydrogen) atoms. The molecule has 4 nitrogen and oxygen atoms in total. The van der Waals surface area contributed by atoms with Crippen LogP contribution < -0.4 is 5.32 Å². The summed E-state index contributed by atoms with van der Waals surface area (Å²) in [7, 11) is 1.78. The molecule has 2 amide bonds. The van der Waals surface area contributed by atoms with Gasteiger partial charge in [-0.15, -0.1) is 11.3 Å². The van der Waals surface area contributed by atoms with Gasteiger partial charge in [-0.1, -0.05) is 54.6 Å². The predicted molar refractivity (Wildman–Crippen MR) is 111 cm³/mol. The number of carbonyl (C=O) groups excluding carboxylic acids is 2. The lowest BCUT2D eigenvalue weighted by Crippen LogP contribution is -2.45. The lowest BCUT2D eigenvalue weighted by atomic mass is 9.81. The molecule has 5 heteroatoms. The van der Waals surface area contributed by atoms with Crippen molar-refractivity contribution in [3.63, 3.8) is 0 Å². The summed E-state index contributed by atoms with van der Waals surface area (Å²) in [4.78, 5) is 29.1. The number of hydrogen-bond acceptors (Lipinski definition) is 3. The molecule has 0 radical (unpaired) electrons. The Labute approximate surface area is 168 Å². The van der Waals surface area contributed by atoms with Gasteiger partial charge in [0, 0.05) is 17.5 Å². The fraction of sp³-hybridized carbons (Fsp3) is 0.217. The summed E-state index contributed by atoms with van der Waals surface area (Å²) in [6.45, 7) is 1.98. The minimum Gasteiger partial charge on any atom is -0.349 e. The second kappa shape index (κ2) is 7.60. The van der Waals surface area contributed by atoms with Gasteiger partial charge in [-0.3, -0.25) is 9.59 Å². The van der Waals surface area contributed by atoms with Crippen molar-refractivity contribution in [1.82, 2.24) is 10.2 Å². The van der Waals surface area contributed by atoms with E-state index < -0.39 is 5.92 Å². The highest BCUT2D eigenvalue weighted by molar-refractivity contribution is 7.10. The van der Waals surface area contributed by atoms with Crippen LogP contribution >= 0.6 is 11.3 Å². The van der Waals surface area contributed by atoms with E-state index >= 15 is 0 Å². The molecule has 3 atom stereocenters. The van der Waals surface area contributed by atoms with Crippen molar-refractivity contribution in [1.29, 1.82) is 0 Å². The fourth-order valence-electron chi connectivity index (χ4n) is 3.90. The highest BCUT2D eigenvalue weighted by atomic mass is 32.1. The van der Waals surface area contributed by atoms with Crippen molar-refractivity contribution in [3.05, 3.63) is 93.7 Å². The van der Waals surface area contributed by atoms with Gasteiger partial charge in [0.25, 0.3) is 5.91 Å². The Morgan fingerprint density at radius 2 is 1.75 bits per heavy atom. The molecular weight excluding hydrogens is 368 g/mol. The number of nitrogens with zero attached hydrogens (tertiary/aromatic N) is 1. The van der Waals surface area contributed by atoms with Crippen molar-refractivity contribution in [2.45, 2.75) is 24.9 Å². The summed E-state index contributed by atoms with van der Waals surface area (Å²) in [5, 5.41) is 5.14. The number of amides is 2. The third-order valence-corrected chi connectivity index (χ3v) is 6.30. The van der Waals surface area contributed by atoms with Crippen LogP contribution in [0.15, 0.2) is 72.1 Å². The van der Waals surface area contributed by atoms with Crippen LogP contribution in [0.1, 0.15) is 51.3 Å². The lowest BCUT2D eigenvalue weighted by molar-refractivity contribution is -0.124. The van der Waals surface area contributed by atoms with Crippen molar-refractivity contribution >= 4 is 23.2 Å². The van der Waals surface area contributed by atoms with Crippen molar-refractivity contribution in [2.75, 3.05) is 7.05 Å². The minimum absolute atomic E-state index is 0.0471. The van der Waals surface area contributed by atoms with E-state index in [1.807, 2.05) is 73.0 Å². The third-order valence-electron chi connectivity index (χ3n) is 5.36. The molecule has 0 saturated carbocycles. The van der Waals surface area contributed by atoms with E-state index in [2.05, 4.69) is 5.32 Å². The van der Waals surface area contributed by atoms with Crippen LogP contribution in [-0.2, 0) is 4.79 Å². The summed E-state index contributed by atoms with van der Waals surface area (Å²) in [5.41, 5.74) is 2.45. The normalized spacial score (nSPS) is 19.8. The molecule has 4 rings (SSSR count). The second-order valence-electron chi connectivity index (χ2n) is 7.08. The van der Waals surface area contributed by atoms with Gasteiger partial charge in [0.2, 0.25) is 5.91 Å². The Balaban J connectivity index is 1.73. The fourth-order valence-corrected chi connectivity index (χ4v) is 4.81. The first-order chi connectivity index (χ1) is 13.6. The summed E-state index contributed by atoms with van der Waals surface area (Å²) in [6, 6.07) is 20.9. The largest absolute Gasteiger partial charge is 0.349 e. The van der Waals surface area contributed by atoms with Gasteiger partial charge >= 0.3 is 0 Å². The lowest BCUT2D eigenvalue weighted by Gasteiger charge is -2.39. The molecule has 1 N–H and O–H groups in total. The van der Waals surface area contributed by atoms with E-state index in [4.69, 9.17) is 0 Å². The van der Waals surface area contributed by atoms with E-state index in [9.17, 15) is 9.59 Å². The summed E-state index contributed by atoms with van der Waals surface area (Å²) < 4.78 is 0. The Bertz CT molecular complexity index is 985. The van der Waals surface area contributed by atoms with Gasteiger partial charge in [-0.05, 0) is 35.6 Å². The number of rotatable bonds is 4. The van der Waals surface area contributed by atoms with E-state index in [0.29, 0.717) is 5.56 Å². The molecule has 2 heterocycles. The van der Waals surface area contributed by atoms with Gasteiger partial charge < -0.3 is 10.2 Å². The van der Waals surface area contributed by atoms with Gasteiger partial charge in [0.05, 0.1) is 18.0 Å². The molecule has 3 unspecified atom stereocenters. The molecule has 1 aliphatic rings. The molecule has 3 aromatic rings. The molecule has 0 saturated heterocycles. The monoisotopic (exact) mass is 390 g/mol. The molecule has 142 valence electrons. The van der Waals surface area contributed by atoms with E-state index in [1.165, 1.54) is 0 Å². The van der Waals surface area contributed by atoms with Gasteiger partial charge in [0.15, 0.2) is 0 Å². The molecule has 0 aliphatic carbocycles. The Hall–Kier alpha value is -2.92. The molecule has 0 bridgehead atoms. The van der Waals surface area contributed by atoms with E-state index in [1.54, 1.807) is 29.4 Å². The molecule has 0 fully saturated rings. The third kappa shape index (κ3) is 3.22. The average Bonchev–Trinajstić information content (AvgIpc) is 3.25. The van der Waals surface area contributed by atoms with Gasteiger partial charge in [-0.25, -0.2) is 0 Å². The molecular formula is C23H22N2O2S. The second-order valence-corrected chi connectivity index (χ2v) is 8.06. The van der Waals surface area contributed by atoms with Crippen molar-refractivity contribution < 1.29 is 9.59 Å². The topological polar surface area (TPSA) is 49.4 Å². The van der Waals surface area contributed by atoms with Crippen molar-refractivity contribution in [3.8, 4) is 0 Å². The molecule has 1 aliphatic heterocycles. The standard InChI is InChI=1S/C23H22N2O2S/c1-15(16-9-4-3-5-10-16)24-22(26)20-17-11-6-7-12-18(17)23(27)25(2)21(20)19-13-8-14-28-19/h3-15,20-21H,1-2H3,(H,24,26). The minimum atomic E-state index is -0.455. The van der Waals surface area contributed by atoms with Gasteiger partial charge in [-0.2, -0.15) is 0 Å². The zero-order valence-electron chi connectivity index (χ0n) is 15.8.